The summed E-state index contributed by atoms with van der Waals surface area (Å²) >= 11 is 6.86. The Morgan fingerprint density at radius 1 is 0.459 bits per heavy atom. The predicted molar refractivity (Wildman–Crippen MR) is 176 cm³/mol. The molecule has 0 heterocycles. The van der Waals surface area contributed by atoms with Crippen LogP contribution in [0.4, 0.5) is 0 Å². The van der Waals surface area contributed by atoms with E-state index in [1.54, 1.807) is 0 Å². The molecule has 0 aliphatic carbocycles. The summed E-state index contributed by atoms with van der Waals surface area (Å²) in [5.74, 6) is 0.949. The summed E-state index contributed by atoms with van der Waals surface area (Å²) in [5, 5.41) is 0. The molecule has 0 saturated heterocycles. The van der Waals surface area contributed by atoms with Gasteiger partial charge in [0.15, 0.2) is 0 Å². The second kappa shape index (κ2) is 31.4. The van der Waals surface area contributed by atoms with Crippen molar-refractivity contribution in [2.75, 3.05) is 12.4 Å². The summed E-state index contributed by atoms with van der Waals surface area (Å²) in [6, 6.07) is 0. The van der Waals surface area contributed by atoms with Crippen LogP contribution < -0.4 is 0 Å². The molecule has 0 amide bonds. The zero-order valence-corrected chi connectivity index (χ0v) is 27.9. The molecule has 37 heavy (non-hydrogen) atoms. The molecule has 1 N–H and O–H groups in total. The van der Waals surface area contributed by atoms with Crippen molar-refractivity contribution in [1.82, 2.24) is 0 Å². The van der Waals surface area contributed by atoms with Crippen LogP contribution in [0, 0.1) is 0 Å². The summed E-state index contributed by atoms with van der Waals surface area (Å²) < 4.78 is 5.70. The minimum atomic E-state index is -2.62. The molecule has 2 nitrogen and oxygen atoms in total. The summed E-state index contributed by atoms with van der Waals surface area (Å²) in [6.07, 6.45) is 38.3. The number of hydrogen-bond acceptors (Lipinski definition) is 3. The molecule has 0 aliphatic heterocycles. The van der Waals surface area contributed by atoms with Crippen LogP contribution in [0.1, 0.15) is 194 Å². The number of unbranched alkanes of at least 4 members (excludes halogenated alkanes) is 26. The van der Waals surface area contributed by atoms with Gasteiger partial charge in [-0.15, -0.1) is 0 Å². The SMILES string of the molecule is CCCCCCCCCCCCCCCCOP(O)(=S)SCCCCCCCCCCCCCCCC. The lowest BCUT2D eigenvalue weighted by molar-refractivity contribution is 0.307. The van der Waals surface area contributed by atoms with Gasteiger partial charge in [0.2, 0.25) is 5.69 Å². The quantitative estimate of drug-likeness (QED) is 0.0635. The van der Waals surface area contributed by atoms with Gasteiger partial charge in [-0.05, 0) is 24.6 Å². The smallest absolute Gasteiger partial charge is 0.244 e. The second-order valence-corrected chi connectivity index (χ2v) is 17.6. The van der Waals surface area contributed by atoms with Crippen molar-refractivity contribution in [2.45, 2.75) is 194 Å². The van der Waals surface area contributed by atoms with Crippen molar-refractivity contribution in [3.05, 3.63) is 0 Å². The van der Waals surface area contributed by atoms with Gasteiger partial charge in [-0.1, -0.05) is 192 Å². The summed E-state index contributed by atoms with van der Waals surface area (Å²) in [5.41, 5.74) is -2.62. The van der Waals surface area contributed by atoms with E-state index in [9.17, 15) is 4.89 Å². The predicted octanol–water partition coefficient (Wildman–Crippen LogP) is 12.9. The largest absolute Gasteiger partial charge is 0.337 e. The minimum absolute atomic E-state index is 0.636. The van der Waals surface area contributed by atoms with Crippen LogP contribution in [0.2, 0.25) is 0 Å². The molecule has 224 valence electrons. The van der Waals surface area contributed by atoms with Crippen LogP contribution >= 0.6 is 17.1 Å². The fourth-order valence-corrected chi connectivity index (χ4v) is 8.41. The fourth-order valence-electron chi connectivity index (χ4n) is 4.99. The van der Waals surface area contributed by atoms with Crippen molar-refractivity contribution >= 4 is 28.9 Å². The molecule has 0 bridgehead atoms. The van der Waals surface area contributed by atoms with Crippen molar-refractivity contribution in [2.24, 2.45) is 0 Å². The Balaban J connectivity index is 3.28. The zero-order valence-electron chi connectivity index (χ0n) is 25.3. The Bertz CT molecular complexity index is 438. The average molecular weight is 579 g/mol. The van der Waals surface area contributed by atoms with Crippen LogP contribution in [-0.4, -0.2) is 17.3 Å². The number of rotatable bonds is 32. The molecule has 0 aromatic rings. The molecule has 5 heteroatoms. The van der Waals surface area contributed by atoms with Crippen molar-refractivity contribution in [1.29, 1.82) is 0 Å². The molecule has 0 radical (unpaired) electrons. The fraction of sp³-hybridized carbons (Fsp3) is 1.00. The van der Waals surface area contributed by atoms with Gasteiger partial charge in [-0.25, -0.2) is 0 Å². The Hall–Kier alpha value is 0.920. The van der Waals surface area contributed by atoms with Gasteiger partial charge in [0.05, 0.1) is 6.61 Å². The lowest BCUT2D eigenvalue weighted by Gasteiger charge is -2.14. The lowest BCUT2D eigenvalue weighted by atomic mass is 10.0. The second-order valence-electron chi connectivity index (χ2n) is 11.3. The van der Waals surface area contributed by atoms with Gasteiger partial charge in [0.1, 0.15) is 0 Å². The molecule has 0 aromatic carbocycles. The van der Waals surface area contributed by atoms with E-state index in [0.29, 0.717) is 6.61 Å². The first-order valence-electron chi connectivity index (χ1n) is 16.7. The van der Waals surface area contributed by atoms with Gasteiger partial charge >= 0.3 is 0 Å². The van der Waals surface area contributed by atoms with Crippen molar-refractivity contribution in [3.63, 3.8) is 0 Å². The van der Waals surface area contributed by atoms with Crippen molar-refractivity contribution < 1.29 is 9.42 Å². The van der Waals surface area contributed by atoms with Gasteiger partial charge in [0, 0.05) is 5.75 Å². The molecule has 0 saturated carbocycles. The molecular weight excluding hydrogens is 511 g/mol. The molecular formula is C32H67O2PS2. The Labute approximate surface area is 243 Å². The molecule has 1 atom stereocenters. The highest BCUT2D eigenvalue weighted by molar-refractivity contribution is 8.67. The monoisotopic (exact) mass is 578 g/mol. The Morgan fingerprint density at radius 2 is 0.730 bits per heavy atom. The van der Waals surface area contributed by atoms with Crippen molar-refractivity contribution in [3.8, 4) is 0 Å². The average Bonchev–Trinajstić information content (AvgIpc) is 2.88. The van der Waals surface area contributed by atoms with E-state index in [4.69, 9.17) is 16.3 Å². The van der Waals surface area contributed by atoms with Crippen LogP contribution in [0.3, 0.4) is 0 Å². The first-order chi connectivity index (χ1) is 18.1. The topological polar surface area (TPSA) is 29.5 Å². The van der Waals surface area contributed by atoms with Gasteiger partial charge in [-0.3, -0.25) is 0 Å². The van der Waals surface area contributed by atoms with E-state index in [1.165, 1.54) is 178 Å². The standard InChI is InChI=1S/C32H67O2PS2/c1-3-5-7-9-11-13-15-17-19-21-23-25-27-29-31-34-35(33,36)37-32-30-28-26-24-22-20-18-16-14-12-10-8-6-4-2/h3-32H2,1-2H3,(H,33,36). The molecule has 0 fully saturated rings. The van der Waals surface area contributed by atoms with E-state index in [2.05, 4.69) is 13.8 Å². The highest BCUT2D eigenvalue weighted by Crippen LogP contribution is 2.56. The minimum Gasteiger partial charge on any atom is -0.337 e. The van der Waals surface area contributed by atoms with Crippen LogP contribution in [0.15, 0.2) is 0 Å². The Kier molecular flexibility index (Phi) is 32.2. The third-order valence-electron chi connectivity index (χ3n) is 7.50. The van der Waals surface area contributed by atoms with E-state index < -0.39 is 5.69 Å². The number of hydrogen-bond donors (Lipinski definition) is 1. The lowest BCUT2D eigenvalue weighted by Crippen LogP contribution is -1.92. The van der Waals surface area contributed by atoms with E-state index in [-0.39, 0.29) is 0 Å². The van der Waals surface area contributed by atoms with Gasteiger partial charge in [-0.2, -0.15) is 0 Å². The van der Waals surface area contributed by atoms with E-state index in [0.717, 1.165) is 18.6 Å². The molecule has 0 aliphatic rings. The summed E-state index contributed by atoms with van der Waals surface area (Å²) in [7, 11) is 0. The third kappa shape index (κ3) is 33.0. The third-order valence-corrected chi connectivity index (χ3v) is 11.9. The molecule has 0 aromatic heterocycles. The molecule has 0 rings (SSSR count). The summed E-state index contributed by atoms with van der Waals surface area (Å²) in [6.45, 7) is 5.21. The van der Waals surface area contributed by atoms with Crippen LogP contribution in [-0.2, 0) is 16.3 Å². The maximum Gasteiger partial charge on any atom is 0.244 e. The first kappa shape index (κ1) is 37.9. The molecule has 1 unspecified atom stereocenters. The van der Waals surface area contributed by atoms with Gasteiger partial charge < -0.3 is 9.42 Å². The Morgan fingerprint density at radius 3 is 1.05 bits per heavy atom. The highest BCUT2D eigenvalue weighted by Gasteiger charge is 2.13. The molecule has 0 spiro atoms. The first-order valence-corrected chi connectivity index (χ1v) is 21.0. The van der Waals surface area contributed by atoms with Gasteiger partial charge in [0.25, 0.3) is 0 Å². The van der Waals surface area contributed by atoms with E-state index >= 15 is 0 Å². The maximum absolute atomic E-state index is 10.4. The van der Waals surface area contributed by atoms with E-state index in [1.807, 2.05) is 0 Å². The van der Waals surface area contributed by atoms with Crippen LogP contribution in [0.25, 0.3) is 0 Å². The maximum atomic E-state index is 10.4. The highest BCUT2D eigenvalue weighted by atomic mass is 32.9. The zero-order chi connectivity index (χ0) is 27.1. The summed E-state index contributed by atoms with van der Waals surface area (Å²) in [4.78, 5) is 10.4. The van der Waals surface area contributed by atoms with Crippen LogP contribution in [0.5, 0.6) is 0 Å². The normalized spacial score (nSPS) is 13.3.